The molecule has 0 saturated heterocycles. The van der Waals surface area contributed by atoms with E-state index in [4.69, 9.17) is 21.3 Å². The molecule has 134 valence electrons. The van der Waals surface area contributed by atoms with Crippen LogP contribution < -0.4 is 5.32 Å². The van der Waals surface area contributed by atoms with Crippen molar-refractivity contribution in [3.8, 4) is 0 Å². The first-order valence-corrected chi connectivity index (χ1v) is 9.05. The van der Waals surface area contributed by atoms with Crippen LogP contribution in [0.1, 0.15) is 51.9 Å². The first kappa shape index (κ1) is 19.0. The van der Waals surface area contributed by atoms with Gasteiger partial charge in [0.05, 0.1) is 18.9 Å². The topological polar surface area (TPSA) is 33.6 Å². The largest absolute Gasteiger partial charge is 0.501 e. The zero-order valence-electron chi connectivity index (χ0n) is 14.7. The number of hydrogen-bond donors (Lipinski definition) is 1. The smallest absolute Gasteiger partial charge is 0.162 e. The zero-order chi connectivity index (χ0) is 17.7. The van der Waals surface area contributed by atoms with E-state index in [2.05, 4.69) is 18.5 Å². The minimum absolute atomic E-state index is 0.0505. The lowest BCUT2D eigenvalue weighted by Crippen LogP contribution is -2.43. The van der Waals surface area contributed by atoms with Crippen molar-refractivity contribution in [2.24, 2.45) is 16.3 Å². The second-order valence-corrected chi connectivity index (χ2v) is 7.28. The summed E-state index contributed by atoms with van der Waals surface area (Å²) in [5.74, 6) is 0.577. The maximum absolute atomic E-state index is 14.3. The summed E-state index contributed by atoms with van der Waals surface area (Å²) in [4.78, 5) is 4.81. The Morgan fingerprint density at radius 2 is 1.92 bits per heavy atom. The number of methoxy groups -OCH3 is 1. The Hall–Kier alpha value is -1.29. The van der Waals surface area contributed by atoms with Crippen molar-refractivity contribution in [2.75, 3.05) is 7.11 Å². The predicted molar refractivity (Wildman–Crippen MR) is 98.6 cm³/mol. The summed E-state index contributed by atoms with van der Waals surface area (Å²) in [6.45, 7) is 9.31. The maximum Gasteiger partial charge on any atom is 0.162 e. The van der Waals surface area contributed by atoms with Crippen LogP contribution in [0.25, 0.3) is 0 Å². The van der Waals surface area contributed by atoms with E-state index in [0.29, 0.717) is 0 Å². The Morgan fingerprint density at radius 1 is 1.29 bits per heavy atom. The van der Waals surface area contributed by atoms with Gasteiger partial charge >= 0.3 is 0 Å². The van der Waals surface area contributed by atoms with Crippen molar-refractivity contribution >= 4 is 17.4 Å². The van der Waals surface area contributed by atoms with Crippen molar-refractivity contribution in [1.29, 1.82) is 0 Å². The van der Waals surface area contributed by atoms with Crippen molar-refractivity contribution in [2.45, 2.75) is 57.9 Å². The molecule has 0 aromatic rings. The third-order valence-electron chi connectivity index (χ3n) is 5.48. The number of allylic oxidation sites excluding steroid dienone is 1. The molecule has 0 heterocycles. The average Bonchev–Trinajstić information content (AvgIpc) is 3.03. The van der Waals surface area contributed by atoms with E-state index in [1.54, 1.807) is 14.0 Å². The van der Waals surface area contributed by atoms with Crippen molar-refractivity contribution in [1.82, 2.24) is 5.32 Å². The van der Waals surface area contributed by atoms with Gasteiger partial charge in [0.15, 0.2) is 11.7 Å². The lowest BCUT2D eigenvalue weighted by atomic mass is 9.64. The van der Waals surface area contributed by atoms with E-state index in [1.807, 2.05) is 0 Å². The number of hydrogen-bond acceptors (Lipinski definition) is 2. The molecule has 2 aliphatic carbocycles. The van der Waals surface area contributed by atoms with Gasteiger partial charge in [-0.15, -0.1) is 0 Å². The number of rotatable bonds is 5. The fourth-order valence-electron chi connectivity index (χ4n) is 4.30. The van der Waals surface area contributed by atoms with E-state index in [-0.39, 0.29) is 28.4 Å². The van der Waals surface area contributed by atoms with Crippen LogP contribution in [0.2, 0.25) is 0 Å². The molecule has 2 saturated carbocycles. The molecule has 2 fully saturated rings. The van der Waals surface area contributed by atoms with Gasteiger partial charge in [-0.2, -0.15) is 0 Å². The standard InChI is InChI=1S/C19H28ClFN2O/c1-5-16(21)18(22-14(3)20)23-17-15(13(2)24-4)9-8-12-19(17)10-6-7-11-19/h5,15,17H,2-3,6-12H2,1,4H3,(H,22,23)/b16-5+. The number of halogens is 2. The predicted octanol–water partition coefficient (Wildman–Crippen LogP) is 5.45. The highest BCUT2D eigenvalue weighted by Gasteiger charge is 2.48. The molecule has 1 spiro atoms. The van der Waals surface area contributed by atoms with Gasteiger partial charge in [-0.25, -0.2) is 4.39 Å². The van der Waals surface area contributed by atoms with Crippen LogP contribution in [0.15, 0.2) is 41.0 Å². The Bertz CT molecular complexity index is 550. The van der Waals surface area contributed by atoms with E-state index >= 15 is 0 Å². The lowest BCUT2D eigenvalue weighted by molar-refractivity contribution is 0.0914. The van der Waals surface area contributed by atoms with Crippen LogP contribution in [-0.4, -0.2) is 19.0 Å². The number of aliphatic imine (C=N–C) groups is 1. The number of ether oxygens (including phenoxy) is 1. The molecule has 2 atom stereocenters. The van der Waals surface area contributed by atoms with E-state index in [9.17, 15) is 4.39 Å². The van der Waals surface area contributed by atoms with Crippen molar-refractivity contribution in [3.63, 3.8) is 0 Å². The number of nitrogens with zero attached hydrogens (tertiary/aromatic N) is 1. The van der Waals surface area contributed by atoms with Crippen LogP contribution in [0.3, 0.4) is 0 Å². The summed E-state index contributed by atoms with van der Waals surface area (Å²) in [7, 11) is 1.64. The summed E-state index contributed by atoms with van der Waals surface area (Å²) < 4.78 is 19.7. The van der Waals surface area contributed by atoms with Crippen LogP contribution in [-0.2, 0) is 4.74 Å². The van der Waals surface area contributed by atoms with Gasteiger partial charge in [0.1, 0.15) is 5.16 Å². The van der Waals surface area contributed by atoms with Gasteiger partial charge in [-0.1, -0.05) is 44.0 Å². The molecule has 0 radical (unpaired) electrons. The Balaban J connectivity index is 2.44. The third-order valence-corrected chi connectivity index (χ3v) is 5.57. The second-order valence-electron chi connectivity index (χ2n) is 6.83. The van der Waals surface area contributed by atoms with Gasteiger partial charge in [0, 0.05) is 5.92 Å². The van der Waals surface area contributed by atoms with Crippen molar-refractivity contribution in [3.05, 3.63) is 36.0 Å². The first-order chi connectivity index (χ1) is 11.4. The molecule has 0 aromatic heterocycles. The summed E-state index contributed by atoms with van der Waals surface area (Å²) in [6, 6.07) is -0.0505. The summed E-state index contributed by atoms with van der Waals surface area (Å²) in [6.07, 6.45) is 9.27. The molecule has 2 unspecified atom stereocenters. The summed E-state index contributed by atoms with van der Waals surface area (Å²) in [5.41, 5.74) is 0.110. The molecule has 3 nitrogen and oxygen atoms in total. The quantitative estimate of drug-likeness (QED) is 0.308. The van der Waals surface area contributed by atoms with Crippen LogP contribution in [0.5, 0.6) is 0 Å². The van der Waals surface area contributed by atoms with E-state index < -0.39 is 5.83 Å². The van der Waals surface area contributed by atoms with Gasteiger partial charge in [0.2, 0.25) is 0 Å². The SMILES string of the molecule is C=C(Cl)NC(=NC1C(C(=C)OC)CCCC12CCCC2)/C(F)=C\C. The summed E-state index contributed by atoms with van der Waals surface area (Å²) >= 11 is 5.85. The van der Waals surface area contributed by atoms with Gasteiger partial charge < -0.3 is 10.1 Å². The number of amidine groups is 1. The molecule has 1 N–H and O–H groups in total. The Kier molecular flexibility index (Phi) is 6.50. The third kappa shape index (κ3) is 4.02. The highest BCUT2D eigenvalue weighted by Crippen LogP contribution is 2.53. The Labute approximate surface area is 149 Å². The normalized spacial score (nSPS) is 27.2. The molecule has 24 heavy (non-hydrogen) atoms. The molecule has 0 aromatic carbocycles. The highest BCUT2D eigenvalue weighted by atomic mass is 35.5. The molecular weight excluding hydrogens is 327 g/mol. The van der Waals surface area contributed by atoms with Gasteiger partial charge in [0.25, 0.3) is 0 Å². The van der Waals surface area contributed by atoms with Crippen molar-refractivity contribution < 1.29 is 9.13 Å². The van der Waals surface area contributed by atoms with Crippen LogP contribution >= 0.6 is 11.6 Å². The first-order valence-electron chi connectivity index (χ1n) is 8.67. The monoisotopic (exact) mass is 354 g/mol. The minimum atomic E-state index is -0.419. The summed E-state index contributed by atoms with van der Waals surface area (Å²) in [5, 5.41) is 2.93. The van der Waals surface area contributed by atoms with E-state index in [1.165, 1.54) is 18.9 Å². The molecule has 0 bridgehead atoms. The van der Waals surface area contributed by atoms with E-state index in [0.717, 1.165) is 37.9 Å². The maximum atomic E-state index is 14.3. The molecule has 0 amide bonds. The molecular formula is C19H28ClFN2O. The minimum Gasteiger partial charge on any atom is -0.501 e. The fraction of sp³-hybridized carbons (Fsp3) is 0.632. The van der Waals surface area contributed by atoms with Crippen LogP contribution in [0.4, 0.5) is 4.39 Å². The second kappa shape index (κ2) is 8.19. The lowest BCUT2D eigenvalue weighted by Gasteiger charge is -2.44. The van der Waals surface area contributed by atoms with Crippen LogP contribution in [0, 0.1) is 11.3 Å². The molecule has 2 aliphatic rings. The molecule has 2 rings (SSSR count). The van der Waals surface area contributed by atoms with Gasteiger partial charge in [-0.3, -0.25) is 4.99 Å². The molecule has 0 aliphatic heterocycles. The highest BCUT2D eigenvalue weighted by molar-refractivity contribution is 6.30. The zero-order valence-corrected chi connectivity index (χ0v) is 15.5. The number of nitrogens with one attached hydrogen (secondary N) is 1. The Morgan fingerprint density at radius 3 is 2.46 bits per heavy atom. The molecule has 5 heteroatoms. The average molecular weight is 355 g/mol. The van der Waals surface area contributed by atoms with Gasteiger partial charge in [-0.05, 0) is 44.1 Å². The fourth-order valence-corrected chi connectivity index (χ4v) is 4.39.